The molecule has 8 nitrogen and oxygen atoms in total. The van der Waals surface area contributed by atoms with Gasteiger partial charge in [0.15, 0.2) is 0 Å². The van der Waals surface area contributed by atoms with Crippen molar-refractivity contribution >= 4 is 16.9 Å². The Balaban J connectivity index is 1.87. The molecule has 1 fully saturated rings. The van der Waals surface area contributed by atoms with E-state index in [1.807, 2.05) is 0 Å². The number of benzene rings is 1. The molecule has 1 unspecified atom stereocenters. The van der Waals surface area contributed by atoms with Gasteiger partial charge in [-0.15, -0.1) is 5.10 Å². The van der Waals surface area contributed by atoms with Gasteiger partial charge in [-0.3, -0.25) is 9.48 Å². The van der Waals surface area contributed by atoms with Gasteiger partial charge >= 0.3 is 0 Å². The second kappa shape index (κ2) is 7.11. The van der Waals surface area contributed by atoms with Gasteiger partial charge in [0.25, 0.3) is 11.8 Å². The first-order valence-corrected chi connectivity index (χ1v) is 9.20. The van der Waals surface area contributed by atoms with E-state index in [4.69, 9.17) is 14.9 Å². The number of alkyl halides is 2. The number of furan rings is 1. The topological polar surface area (TPSA) is 108 Å². The third-order valence-corrected chi connectivity index (χ3v) is 5.13. The molecular formula is C19H21F2N5O3. The molecule has 0 aliphatic carbocycles. The molecule has 4 rings (SSSR count). The normalized spacial score (nSPS) is 18.8. The zero-order chi connectivity index (χ0) is 20.8. The highest BCUT2D eigenvalue weighted by molar-refractivity contribution is 6.08. The summed E-state index contributed by atoms with van der Waals surface area (Å²) in [6.07, 6.45) is 1.85. The second-order valence-corrected chi connectivity index (χ2v) is 7.20. The second-order valence-electron chi connectivity index (χ2n) is 7.20. The average molecular weight is 405 g/mol. The highest BCUT2D eigenvalue weighted by Gasteiger charge is 2.45. The molecule has 1 atom stereocenters. The molecule has 1 amide bonds. The van der Waals surface area contributed by atoms with Crippen molar-refractivity contribution in [2.75, 3.05) is 13.1 Å². The number of ether oxygens (including phenoxy) is 1. The van der Waals surface area contributed by atoms with Crippen molar-refractivity contribution in [2.24, 2.45) is 12.8 Å². The molecule has 0 saturated carbocycles. The Morgan fingerprint density at radius 2 is 2.28 bits per heavy atom. The number of aryl methyl sites for hydroxylation is 2. The van der Waals surface area contributed by atoms with Gasteiger partial charge < -0.3 is 20.2 Å². The van der Waals surface area contributed by atoms with Crippen LogP contribution in [0.3, 0.4) is 0 Å². The van der Waals surface area contributed by atoms with Crippen LogP contribution in [0.5, 0.6) is 5.75 Å². The SMILES string of the molecule is Cc1oc2ccc(OCc3cn(C)nn3)c(C3CCNCC3(F)F)c2c1C(N)=O. The summed E-state index contributed by atoms with van der Waals surface area (Å²) < 4.78 is 42.8. The van der Waals surface area contributed by atoms with Crippen LogP contribution in [0, 0.1) is 6.92 Å². The number of rotatable bonds is 5. The Morgan fingerprint density at radius 3 is 2.93 bits per heavy atom. The molecule has 1 aliphatic rings. The molecule has 3 aromatic rings. The van der Waals surface area contributed by atoms with Crippen molar-refractivity contribution in [1.29, 1.82) is 0 Å². The summed E-state index contributed by atoms with van der Waals surface area (Å²) in [6.45, 7) is 1.60. The molecule has 0 spiro atoms. The van der Waals surface area contributed by atoms with Crippen molar-refractivity contribution in [1.82, 2.24) is 20.3 Å². The fourth-order valence-corrected chi connectivity index (χ4v) is 3.89. The number of fused-ring (bicyclic) bond motifs is 1. The number of piperidine rings is 1. The third-order valence-electron chi connectivity index (χ3n) is 5.13. The van der Waals surface area contributed by atoms with Crippen LogP contribution in [0.2, 0.25) is 0 Å². The number of nitrogens with zero attached hydrogens (tertiary/aromatic N) is 3. The summed E-state index contributed by atoms with van der Waals surface area (Å²) in [4.78, 5) is 12.1. The molecule has 3 N–H and O–H groups in total. The Hall–Kier alpha value is -3.01. The molecule has 1 aliphatic heterocycles. The van der Waals surface area contributed by atoms with Crippen LogP contribution in [0.4, 0.5) is 8.78 Å². The lowest BCUT2D eigenvalue weighted by Crippen LogP contribution is -2.44. The minimum absolute atomic E-state index is 0.0472. The Bertz CT molecular complexity index is 1080. The number of nitrogens with one attached hydrogen (secondary N) is 1. The first-order chi connectivity index (χ1) is 13.8. The van der Waals surface area contributed by atoms with Gasteiger partial charge in [-0.1, -0.05) is 5.21 Å². The number of hydrogen-bond acceptors (Lipinski definition) is 6. The van der Waals surface area contributed by atoms with Gasteiger partial charge in [-0.05, 0) is 32.0 Å². The lowest BCUT2D eigenvalue weighted by atomic mass is 9.83. The molecule has 1 saturated heterocycles. The highest BCUT2D eigenvalue weighted by Crippen LogP contribution is 2.47. The van der Waals surface area contributed by atoms with E-state index in [9.17, 15) is 13.6 Å². The van der Waals surface area contributed by atoms with Crippen LogP contribution in [0.1, 0.15) is 39.7 Å². The average Bonchev–Trinajstić information content (AvgIpc) is 3.21. The van der Waals surface area contributed by atoms with Crippen molar-refractivity contribution in [2.45, 2.75) is 31.8 Å². The predicted octanol–water partition coefficient (Wildman–Crippen LogP) is 2.26. The van der Waals surface area contributed by atoms with Crippen molar-refractivity contribution in [3.8, 4) is 5.75 Å². The summed E-state index contributed by atoms with van der Waals surface area (Å²) in [5, 5.41) is 10.8. The van der Waals surface area contributed by atoms with Gasteiger partial charge in [0.05, 0.1) is 24.2 Å². The van der Waals surface area contributed by atoms with Gasteiger partial charge in [0.1, 0.15) is 29.4 Å². The maximum atomic E-state index is 14.9. The van der Waals surface area contributed by atoms with Crippen molar-refractivity contribution in [3.05, 3.63) is 40.9 Å². The van der Waals surface area contributed by atoms with Crippen LogP contribution >= 0.6 is 0 Å². The maximum Gasteiger partial charge on any atom is 0.267 e. The fraction of sp³-hybridized carbons (Fsp3) is 0.421. The van der Waals surface area contributed by atoms with Crippen LogP contribution in [0.15, 0.2) is 22.7 Å². The molecule has 154 valence electrons. The van der Waals surface area contributed by atoms with E-state index in [1.165, 1.54) is 4.68 Å². The van der Waals surface area contributed by atoms with Gasteiger partial charge in [-0.25, -0.2) is 8.78 Å². The van der Waals surface area contributed by atoms with Gasteiger partial charge in [-0.2, -0.15) is 0 Å². The summed E-state index contributed by atoms with van der Waals surface area (Å²) in [7, 11) is 1.72. The smallest absolute Gasteiger partial charge is 0.267 e. The number of carbonyl (C=O) groups is 1. The lowest BCUT2D eigenvalue weighted by molar-refractivity contribution is -0.0423. The molecule has 2 aromatic heterocycles. The standard InChI is InChI=1S/C19H21F2N5O3/c1-10-15(18(22)27)17-14(29-10)4-3-13(28-8-11-7-26(2)25-24-11)16(17)12-5-6-23-9-19(12,20)21/h3-4,7,12,23H,5-6,8-9H2,1-2H3,(H2,22,27). The number of nitrogens with two attached hydrogens (primary N) is 1. The number of amides is 1. The van der Waals surface area contributed by atoms with E-state index in [2.05, 4.69) is 15.6 Å². The Kier molecular flexibility index (Phi) is 4.73. The predicted molar refractivity (Wildman–Crippen MR) is 100.0 cm³/mol. The van der Waals surface area contributed by atoms with Crippen LogP contribution in [-0.4, -0.2) is 39.9 Å². The van der Waals surface area contributed by atoms with Gasteiger partial charge in [0.2, 0.25) is 0 Å². The number of carbonyl (C=O) groups excluding carboxylic acids is 1. The molecule has 29 heavy (non-hydrogen) atoms. The van der Waals surface area contributed by atoms with E-state index < -0.39 is 24.3 Å². The third kappa shape index (κ3) is 3.44. The lowest BCUT2D eigenvalue weighted by Gasteiger charge is -2.33. The van der Waals surface area contributed by atoms with Gasteiger partial charge in [0, 0.05) is 18.0 Å². The van der Waals surface area contributed by atoms with Crippen LogP contribution in [0.25, 0.3) is 11.0 Å². The zero-order valence-electron chi connectivity index (χ0n) is 16.0. The minimum Gasteiger partial charge on any atom is -0.487 e. The zero-order valence-corrected chi connectivity index (χ0v) is 16.0. The first-order valence-electron chi connectivity index (χ1n) is 9.20. The van der Waals surface area contributed by atoms with Crippen molar-refractivity contribution < 1.29 is 22.7 Å². The van der Waals surface area contributed by atoms with E-state index in [0.29, 0.717) is 23.2 Å². The van der Waals surface area contributed by atoms with E-state index in [-0.39, 0.29) is 35.7 Å². The largest absolute Gasteiger partial charge is 0.487 e. The monoisotopic (exact) mass is 405 g/mol. The van der Waals surface area contributed by atoms with Crippen LogP contribution in [-0.2, 0) is 13.7 Å². The van der Waals surface area contributed by atoms with Crippen molar-refractivity contribution in [3.63, 3.8) is 0 Å². The minimum atomic E-state index is -3.03. The molecule has 3 heterocycles. The quantitative estimate of drug-likeness (QED) is 0.674. The fourth-order valence-electron chi connectivity index (χ4n) is 3.89. The molecule has 0 radical (unpaired) electrons. The Labute approximate surface area is 165 Å². The maximum absolute atomic E-state index is 14.9. The molecular weight excluding hydrogens is 384 g/mol. The summed E-state index contributed by atoms with van der Waals surface area (Å²) in [5.74, 6) is -4.38. The van der Waals surface area contributed by atoms with E-state index in [1.54, 1.807) is 32.3 Å². The Morgan fingerprint density at radius 1 is 1.48 bits per heavy atom. The summed E-state index contributed by atoms with van der Waals surface area (Å²) in [6, 6.07) is 3.18. The van der Waals surface area contributed by atoms with E-state index in [0.717, 1.165) is 0 Å². The molecule has 0 bridgehead atoms. The first kappa shape index (κ1) is 19.3. The molecule has 1 aromatic carbocycles. The number of aromatic nitrogens is 3. The van der Waals surface area contributed by atoms with Crippen LogP contribution < -0.4 is 15.8 Å². The van der Waals surface area contributed by atoms with E-state index >= 15 is 0 Å². The summed E-state index contributed by atoms with van der Waals surface area (Å²) in [5.41, 5.74) is 6.77. The number of hydrogen-bond donors (Lipinski definition) is 2. The number of halogens is 2. The molecule has 10 heteroatoms. The number of primary amides is 1. The summed E-state index contributed by atoms with van der Waals surface area (Å²) >= 11 is 0. The highest BCUT2D eigenvalue weighted by atomic mass is 19.3.